The van der Waals surface area contributed by atoms with Crippen molar-refractivity contribution in [2.24, 2.45) is 16.5 Å². The first-order chi connectivity index (χ1) is 14.5. The third-order valence-electron chi connectivity index (χ3n) is 4.62. The topological polar surface area (TPSA) is 143 Å². The highest BCUT2D eigenvalue weighted by atomic mass is 16.4. The standard InChI is InChI=1S/C19H19N7O4/c1-12(2)17(19(27)28)25(23-29)11-13-7-9-14(10-8-13)15-5-3-4-6-16(15)18-20-21-22-26(18)24-30/h3-10,12,17H,11H2,1-2H3,(H,27,28)/t17-/m0/s1. The predicted octanol–water partition coefficient (Wildman–Crippen LogP) is 3.13. The van der Waals surface area contributed by atoms with E-state index in [-0.39, 0.29) is 18.3 Å². The van der Waals surface area contributed by atoms with Crippen LogP contribution < -0.4 is 0 Å². The van der Waals surface area contributed by atoms with Gasteiger partial charge in [0.2, 0.25) is 5.82 Å². The molecule has 0 bridgehead atoms. The molecule has 1 N–H and O–H groups in total. The maximum absolute atomic E-state index is 11.5. The smallest absolute Gasteiger partial charge is 0.328 e. The van der Waals surface area contributed by atoms with E-state index < -0.39 is 12.0 Å². The van der Waals surface area contributed by atoms with Gasteiger partial charge in [-0.25, -0.2) is 9.80 Å². The van der Waals surface area contributed by atoms with Crippen LogP contribution in [0.25, 0.3) is 22.5 Å². The molecular formula is C19H19N7O4. The number of carboxylic acids is 1. The van der Waals surface area contributed by atoms with Crippen molar-refractivity contribution in [3.8, 4) is 22.5 Å². The molecule has 154 valence electrons. The summed E-state index contributed by atoms with van der Waals surface area (Å²) in [5.41, 5.74) is 2.94. The molecule has 2 aromatic carbocycles. The number of nitroso groups, excluding NO2 is 2. The minimum absolute atomic E-state index is 0.0634. The Balaban J connectivity index is 1.89. The van der Waals surface area contributed by atoms with E-state index in [0.29, 0.717) is 5.56 Å². The number of aromatic nitrogens is 4. The Morgan fingerprint density at radius 3 is 2.33 bits per heavy atom. The van der Waals surface area contributed by atoms with Crippen LogP contribution in [-0.2, 0) is 11.3 Å². The highest BCUT2D eigenvalue weighted by Gasteiger charge is 2.29. The Hall–Kier alpha value is -4.02. The maximum atomic E-state index is 11.5. The Labute approximate surface area is 171 Å². The minimum atomic E-state index is -1.10. The van der Waals surface area contributed by atoms with Crippen molar-refractivity contribution in [3.05, 3.63) is 63.9 Å². The fraction of sp³-hybridized carbons (Fsp3) is 0.263. The molecule has 0 saturated carbocycles. The van der Waals surface area contributed by atoms with Gasteiger partial charge in [-0.05, 0) is 33.0 Å². The maximum Gasteiger partial charge on any atom is 0.328 e. The summed E-state index contributed by atoms with van der Waals surface area (Å²) in [5.74, 6) is -1.18. The number of rotatable bonds is 9. The summed E-state index contributed by atoms with van der Waals surface area (Å²) in [6.07, 6.45) is 0. The molecule has 0 aliphatic carbocycles. The average molecular weight is 409 g/mol. The minimum Gasteiger partial charge on any atom is -0.480 e. The van der Waals surface area contributed by atoms with Crippen LogP contribution in [0.5, 0.6) is 0 Å². The lowest BCUT2D eigenvalue weighted by Gasteiger charge is -2.25. The molecule has 1 atom stereocenters. The van der Waals surface area contributed by atoms with Gasteiger partial charge in [-0.3, -0.25) is 0 Å². The highest BCUT2D eigenvalue weighted by molar-refractivity contribution is 5.80. The van der Waals surface area contributed by atoms with Crippen molar-refractivity contribution in [1.29, 1.82) is 0 Å². The number of nitrogens with zero attached hydrogens (tertiary/aromatic N) is 7. The lowest BCUT2D eigenvalue weighted by Crippen LogP contribution is -2.41. The van der Waals surface area contributed by atoms with E-state index in [1.165, 1.54) is 0 Å². The Bertz CT molecular complexity index is 1050. The fourth-order valence-corrected chi connectivity index (χ4v) is 3.24. The van der Waals surface area contributed by atoms with Gasteiger partial charge >= 0.3 is 5.97 Å². The van der Waals surface area contributed by atoms with Crippen molar-refractivity contribution in [1.82, 2.24) is 25.3 Å². The number of tetrazole rings is 1. The first kappa shape index (κ1) is 20.7. The van der Waals surface area contributed by atoms with E-state index in [4.69, 9.17) is 0 Å². The fourth-order valence-electron chi connectivity index (χ4n) is 3.24. The second-order valence-corrected chi connectivity index (χ2v) is 6.92. The quantitative estimate of drug-likeness (QED) is 0.419. The highest BCUT2D eigenvalue weighted by Crippen LogP contribution is 2.31. The Morgan fingerprint density at radius 2 is 1.77 bits per heavy atom. The average Bonchev–Trinajstić information content (AvgIpc) is 3.22. The van der Waals surface area contributed by atoms with Crippen LogP contribution in [0.3, 0.4) is 0 Å². The van der Waals surface area contributed by atoms with Gasteiger partial charge in [0.1, 0.15) is 6.04 Å². The number of hydrogen-bond donors (Lipinski definition) is 1. The van der Waals surface area contributed by atoms with Crippen molar-refractivity contribution < 1.29 is 9.90 Å². The molecule has 0 radical (unpaired) electrons. The van der Waals surface area contributed by atoms with E-state index in [9.17, 15) is 19.7 Å². The number of carboxylic acid groups (broad SMARTS) is 1. The summed E-state index contributed by atoms with van der Waals surface area (Å²) in [5, 5.41) is 27.0. The first-order valence-electron chi connectivity index (χ1n) is 9.09. The Morgan fingerprint density at radius 1 is 1.10 bits per heavy atom. The van der Waals surface area contributed by atoms with Crippen LogP contribution in [0.1, 0.15) is 19.4 Å². The van der Waals surface area contributed by atoms with Gasteiger partial charge in [0.15, 0.2) is 0 Å². The lowest BCUT2D eigenvalue weighted by atomic mass is 9.98. The molecule has 30 heavy (non-hydrogen) atoms. The number of hydrogen-bond acceptors (Lipinski definition) is 8. The zero-order valence-corrected chi connectivity index (χ0v) is 16.3. The normalized spacial score (nSPS) is 11.8. The van der Waals surface area contributed by atoms with Crippen molar-refractivity contribution in [2.75, 3.05) is 0 Å². The van der Waals surface area contributed by atoms with Crippen molar-refractivity contribution in [2.45, 2.75) is 26.4 Å². The molecule has 0 aliphatic heterocycles. The predicted molar refractivity (Wildman–Crippen MR) is 107 cm³/mol. The van der Waals surface area contributed by atoms with Crippen molar-refractivity contribution >= 4 is 5.97 Å². The summed E-state index contributed by atoms with van der Waals surface area (Å²) in [7, 11) is 0. The van der Waals surface area contributed by atoms with E-state index in [2.05, 4.69) is 26.1 Å². The number of aliphatic carboxylic acids is 1. The monoisotopic (exact) mass is 409 g/mol. The third-order valence-corrected chi connectivity index (χ3v) is 4.62. The molecule has 0 saturated heterocycles. The molecule has 0 fully saturated rings. The van der Waals surface area contributed by atoms with Gasteiger partial charge < -0.3 is 5.11 Å². The molecule has 11 nitrogen and oxygen atoms in total. The van der Waals surface area contributed by atoms with Gasteiger partial charge in [-0.2, -0.15) is 0 Å². The van der Waals surface area contributed by atoms with Gasteiger partial charge in [-0.1, -0.05) is 67.2 Å². The van der Waals surface area contributed by atoms with Gasteiger partial charge in [0, 0.05) is 5.56 Å². The van der Waals surface area contributed by atoms with E-state index >= 15 is 0 Å². The summed E-state index contributed by atoms with van der Waals surface area (Å²) in [6, 6.07) is 13.5. The van der Waals surface area contributed by atoms with E-state index in [1.807, 2.05) is 24.3 Å². The lowest BCUT2D eigenvalue weighted by molar-refractivity contribution is -0.145. The molecule has 3 rings (SSSR count). The Kier molecular flexibility index (Phi) is 6.20. The van der Waals surface area contributed by atoms with Crippen LogP contribution in [0, 0.1) is 15.7 Å². The largest absolute Gasteiger partial charge is 0.480 e. The molecule has 0 amide bonds. The summed E-state index contributed by atoms with van der Waals surface area (Å²) < 4.78 is 0. The number of benzene rings is 2. The van der Waals surface area contributed by atoms with Crippen LogP contribution in [0.2, 0.25) is 0 Å². The molecule has 0 unspecified atom stereocenters. The van der Waals surface area contributed by atoms with E-state index in [0.717, 1.165) is 26.5 Å². The number of carbonyl (C=O) groups is 1. The molecular weight excluding hydrogens is 390 g/mol. The second-order valence-electron chi connectivity index (χ2n) is 6.92. The van der Waals surface area contributed by atoms with Crippen LogP contribution >= 0.6 is 0 Å². The molecule has 0 spiro atoms. The van der Waals surface area contributed by atoms with Crippen LogP contribution in [0.4, 0.5) is 0 Å². The zero-order valence-electron chi connectivity index (χ0n) is 16.3. The van der Waals surface area contributed by atoms with Crippen LogP contribution in [0.15, 0.2) is 59.1 Å². The summed E-state index contributed by atoms with van der Waals surface area (Å²) >= 11 is 0. The van der Waals surface area contributed by atoms with Gasteiger partial charge in [0.25, 0.3) is 0 Å². The summed E-state index contributed by atoms with van der Waals surface area (Å²) in [6.45, 7) is 3.51. The second kappa shape index (κ2) is 8.99. The first-order valence-corrected chi connectivity index (χ1v) is 9.09. The summed E-state index contributed by atoms with van der Waals surface area (Å²) in [4.78, 5) is 34.5. The zero-order chi connectivity index (χ0) is 21.7. The molecule has 11 heteroatoms. The molecule has 0 aliphatic rings. The van der Waals surface area contributed by atoms with Gasteiger partial charge in [0.05, 0.1) is 17.1 Å². The third kappa shape index (κ3) is 4.19. The van der Waals surface area contributed by atoms with E-state index in [1.54, 1.807) is 38.1 Å². The van der Waals surface area contributed by atoms with Crippen LogP contribution in [-0.4, -0.2) is 42.4 Å². The molecule has 1 aromatic heterocycles. The van der Waals surface area contributed by atoms with Crippen molar-refractivity contribution in [3.63, 3.8) is 0 Å². The SMILES string of the molecule is CC(C)[C@@H](C(=O)O)N(Cc1ccc(-c2ccccc2-c2nnnn2N=O)cc1)N=O. The molecule has 1 heterocycles. The van der Waals surface area contributed by atoms with Gasteiger partial charge in [-0.15, -0.1) is 14.9 Å². The molecule has 3 aromatic rings.